The summed E-state index contributed by atoms with van der Waals surface area (Å²) < 4.78 is 5.82. The summed E-state index contributed by atoms with van der Waals surface area (Å²) in [6, 6.07) is 50.1. The number of hydrogen-bond acceptors (Lipinski definition) is 4. The number of nitrogens with zero attached hydrogens (tertiary/aromatic N) is 1. The van der Waals surface area contributed by atoms with E-state index in [9.17, 15) is 9.59 Å². The third kappa shape index (κ3) is 7.72. The number of esters is 1. The molecule has 0 radical (unpaired) electrons. The molecule has 0 atom stereocenters. The van der Waals surface area contributed by atoms with Crippen LogP contribution in [0.15, 0.2) is 157 Å². The molecule has 0 spiro atoms. The zero-order valence-corrected chi connectivity index (χ0v) is 27.7. The average molecular weight is 646 g/mol. The number of para-hydroxylation sites is 1. The molecule has 5 rings (SSSR count). The SMILES string of the molecule is CCOC(=O)C(/C(C)=N/NC(=O)Nc1ccccc1)=P(CP(c1ccccc1)c1ccccc1)(c1ccccc1)c1ccccc1. The van der Waals surface area contributed by atoms with Crippen LogP contribution in [0.5, 0.6) is 0 Å². The molecule has 8 heteroatoms. The van der Waals surface area contributed by atoms with Gasteiger partial charge in [-0.15, -0.1) is 0 Å². The summed E-state index contributed by atoms with van der Waals surface area (Å²) >= 11 is 0. The molecule has 2 N–H and O–H groups in total. The Morgan fingerprint density at radius 1 is 0.674 bits per heavy atom. The van der Waals surface area contributed by atoms with Crippen molar-refractivity contribution in [2.24, 2.45) is 5.10 Å². The van der Waals surface area contributed by atoms with Crippen LogP contribution < -0.4 is 32.0 Å². The Labute approximate surface area is 272 Å². The molecular weight excluding hydrogens is 608 g/mol. The number of hydrogen-bond donors (Lipinski definition) is 2. The van der Waals surface area contributed by atoms with Gasteiger partial charge in [0.15, 0.2) is 0 Å². The maximum absolute atomic E-state index is 14.3. The van der Waals surface area contributed by atoms with E-state index in [-0.39, 0.29) is 6.61 Å². The largest absolute Gasteiger partial charge is 0.462 e. The minimum Gasteiger partial charge on any atom is -0.462 e. The number of amides is 2. The fourth-order valence-electron chi connectivity index (χ4n) is 5.39. The van der Waals surface area contributed by atoms with Gasteiger partial charge in [-0.1, -0.05) is 140 Å². The Morgan fingerprint density at radius 2 is 1.11 bits per heavy atom. The quantitative estimate of drug-likeness (QED) is 0.0729. The van der Waals surface area contributed by atoms with Crippen LogP contribution in [0.2, 0.25) is 0 Å². The van der Waals surface area contributed by atoms with Crippen LogP contribution in [0.4, 0.5) is 10.5 Å². The summed E-state index contributed by atoms with van der Waals surface area (Å²) in [5, 5.41) is 12.3. The van der Waals surface area contributed by atoms with Crippen LogP contribution >= 0.6 is 14.8 Å². The molecule has 0 saturated heterocycles. The van der Waals surface area contributed by atoms with Crippen molar-refractivity contribution in [3.05, 3.63) is 152 Å². The van der Waals surface area contributed by atoms with E-state index in [1.165, 1.54) is 10.6 Å². The average Bonchev–Trinajstić information content (AvgIpc) is 3.11. The summed E-state index contributed by atoms with van der Waals surface area (Å²) in [5.41, 5.74) is 3.67. The number of nitrogens with one attached hydrogen (secondary N) is 2. The zero-order valence-electron chi connectivity index (χ0n) is 25.9. The molecule has 5 aromatic rings. The summed E-state index contributed by atoms with van der Waals surface area (Å²) in [6.45, 7) is 0.989. The highest BCUT2D eigenvalue weighted by Gasteiger charge is 2.36. The first-order chi connectivity index (χ1) is 22.5. The second-order valence-corrected chi connectivity index (χ2v) is 16.5. The van der Waals surface area contributed by atoms with Gasteiger partial charge in [0.05, 0.1) is 17.6 Å². The third-order valence-electron chi connectivity index (χ3n) is 7.43. The van der Waals surface area contributed by atoms with E-state index in [1.54, 1.807) is 26.0 Å². The summed E-state index contributed by atoms with van der Waals surface area (Å²) in [7, 11) is -0.966. The molecule has 0 aromatic heterocycles. The molecule has 0 unspecified atom stereocenters. The minimum atomic E-state index is -2.80. The number of urea groups is 1. The van der Waals surface area contributed by atoms with Crippen molar-refractivity contribution >= 4 is 64.7 Å². The number of ether oxygens (including phenoxy) is 1. The van der Waals surface area contributed by atoms with Crippen molar-refractivity contribution < 1.29 is 14.3 Å². The number of carbonyl (C=O) groups excluding carboxylic acids is 2. The van der Waals surface area contributed by atoms with Crippen molar-refractivity contribution in [2.75, 3.05) is 17.8 Å². The predicted octanol–water partition coefficient (Wildman–Crippen LogP) is 6.68. The molecule has 0 aliphatic carbocycles. The van der Waals surface area contributed by atoms with Crippen LogP contribution in [0, 0.1) is 0 Å². The highest BCUT2D eigenvalue weighted by atomic mass is 31.2. The van der Waals surface area contributed by atoms with Crippen molar-refractivity contribution in [3.63, 3.8) is 0 Å². The molecule has 0 aliphatic heterocycles. The van der Waals surface area contributed by atoms with Crippen LogP contribution in [0.3, 0.4) is 0 Å². The molecule has 5 aromatic carbocycles. The van der Waals surface area contributed by atoms with Gasteiger partial charge in [0.2, 0.25) is 0 Å². The smallest absolute Gasteiger partial charge is 0.340 e. The van der Waals surface area contributed by atoms with E-state index in [4.69, 9.17) is 4.74 Å². The van der Waals surface area contributed by atoms with E-state index in [2.05, 4.69) is 88.6 Å². The Balaban J connectivity index is 1.79. The van der Waals surface area contributed by atoms with Gasteiger partial charge in [-0.25, -0.2) is 15.0 Å². The standard InChI is InChI=1S/C38H37N3O3P2/c1-3-44-37(42)36(30(2)40-41-38(43)39-31-19-9-4-10-20-31)46(34-25-15-7-16-26-34,35-27-17-8-18-28-35)29-45(32-21-11-5-12-22-32)33-23-13-6-14-24-33/h4-28H,3,29H2,1-2H3,(H2,39,41,43)/b40-30+. The van der Waals surface area contributed by atoms with Crippen LogP contribution in [0.25, 0.3) is 0 Å². The Bertz CT molecular complexity index is 1730. The number of rotatable bonds is 11. The van der Waals surface area contributed by atoms with E-state index in [0.717, 1.165) is 10.6 Å². The normalized spacial score (nSPS) is 11.5. The van der Waals surface area contributed by atoms with Crippen molar-refractivity contribution in [3.8, 4) is 0 Å². The fourth-order valence-corrected chi connectivity index (χ4v) is 14.8. The van der Waals surface area contributed by atoms with Crippen LogP contribution in [0.1, 0.15) is 13.8 Å². The summed E-state index contributed by atoms with van der Waals surface area (Å²) in [6.07, 6.45) is 0. The molecule has 6 nitrogen and oxygen atoms in total. The molecule has 232 valence electrons. The molecule has 0 aliphatic rings. The lowest BCUT2D eigenvalue weighted by atomic mass is 10.3. The molecular formula is C38H37N3O3P2. The van der Waals surface area contributed by atoms with E-state index < -0.39 is 26.8 Å². The number of anilines is 1. The molecule has 0 heterocycles. The van der Waals surface area contributed by atoms with Crippen molar-refractivity contribution in [2.45, 2.75) is 13.8 Å². The Kier molecular flexibility index (Phi) is 11.3. The molecule has 0 fully saturated rings. The van der Waals surface area contributed by atoms with Crippen molar-refractivity contribution in [1.29, 1.82) is 0 Å². The third-order valence-corrected chi connectivity index (χ3v) is 15.7. The number of benzene rings is 5. The summed E-state index contributed by atoms with van der Waals surface area (Å²) in [4.78, 5) is 27.3. The molecule has 2 amide bonds. The predicted molar refractivity (Wildman–Crippen MR) is 196 cm³/mol. The molecule has 0 bridgehead atoms. The molecule has 0 saturated carbocycles. The van der Waals surface area contributed by atoms with Crippen LogP contribution in [-0.2, 0) is 9.53 Å². The van der Waals surface area contributed by atoms with Gasteiger partial charge in [0.1, 0.15) is 0 Å². The highest BCUT2D eigenvalue weighted by molar-refractivity contribution is 8.00. The highest BCUT2D eigenvalue weighted by Crippen LogP contribution is 2.57. The van der Waals surface area contributed by atoms with E-state index in [1.807, 2.05) is 66.7 Å². The Hall–Kier alpha value is -4.76. The second-order valence-electron chi connectivity index (χ2n) is 10.4. The lowest BCUT2D eigenvalue weighted by molar-refractivity contribution is -0.134. The maximum Gasteiger partial charge on any atom is 0.340 e. The van der Waals surface area contributed by atoms with Gasteiger partial charge in [-0.3, -0.25) is 0 Å². The first-order valence-corrected chi connectivity index (χ1v) is 18.6. The number of carbonyl (C=O) groups is 2. The lowest BCUT2D eigenvalue weighted by Crippen LogP contribution is -2.36. The second kappa shape index (κ2) is 16.0. The van der Waals surface area contributed by atoms with Crippen molar-refractivity contribution in [1.82, 2.24) is 5.43 Å². The van der Waals surface area contributed by atoms with Crippen LogP contribution in [-0.4, -0.2) is 35.5 Å². The molecule has 46 heavy (non-hydrogen) atoms. The zero-order chi connectivity index (χ0) is 32.2. The van der Waals surface area contributed by atoms with Gasteiger partial charge in [-0.2, -0.15) is 5.10 Å². The van der Waals surface area contributed by atoms with Gasteiger partial charge in [-0.05, 0) is 62.0 Å². The van der Waals surface area contributed by atoms with Gasteiger partial charge >= 0.3 is 12.0 Å². The topological polar surface area (TPSA) is 79.8 Å². The van der Waals surface area contributed by atoms with Gasteiger partial charge < -0.3 is 10.1 Å². The first-order valence-electron chi connectivity index (χ1n) is 15.1. The summed E-state index contributed by atoms with van der Waals surface area (Å²) in [5.74, 6) is 0.216. The Morgan fingerprint density at radius 3 is 1.57 bits per heavy atom. The van der Waals surface area contributed by atoms with Gasteiger partial charge in [0, 0.05) is 11.6 Å². The first kappa shape index (κ1) is 32.6. The monoisotopic (exact) mass is 645 g/mol. The van der Waals surface area contributed by atoms with E-state index in [0.29, 0.717) is 22.6 Å². The fraction of sp³-hybridized carbons (Fsp3) is 0.105. The minimum absolute atomic E-state index is 0.202. The van der Waals surface area contributed by atoms with E-state index >= 15 is 0 Å². The maximum atomic E-state index is 14.3. The van der Waals surface area contributed by atoms with Gasteiger partial charge in [0.25, 0.3) is 0 Å². The number of hydrazone groups is 1. The lowest BCUT2D eigenvalue weighted by Gasteiger charge is -2.35.